The molecule has 0 rings (SSSR count). The first kappa shape index (κ1) is 20.8. The maximum absolute atomic E-state index is 12.4. The van der Waals surface area contributed by atoms with Gasteiger partial charge in [0.1, 0.15) is 6.61 Å². The van der Waals surface area contributed by atoms with E-state index in [2.05, 4.69) is 6.58 Å². The third-order valence-corrected chi connectivity index (χ3v) is 5.55. The van der Waals surface area contributed by atoms with Gasteiger partial charge >= 0.3 is 11.9 Å². The van der Waals surface area contributed by atoms with Gasteiger partial charge in [-0.05, 0) is 6.92 Å². The quantitative estimate of drug-likeness (QED) is 0.337. The molecule has 0 saturated heterocycles. The van der Waals surface area contributed by atoms with Gasteiger partial charge in [-0.25, -0.2) is 4.79 Å². The van der Waals surface area contributed by atoms with Gasteiger partial charge in [0.05, 0.1) is 19.6 Å². The van der Waals surface area contributed by atoms with Crippen molar-refractivity contribution in [3.63, 3.8) is 0 Å². The van der Waals surface area contributed by atoms with Crippen LogP contribution in [0, 0.1) is 5.41 Å². The van der Waals surface area contributed by atoms with Gasteiger partial charge in [0, 0.05) is 23.3 Å². The second-order valence-electron chi connectivity index (χ2n) is 5.60. The van der Waals surface area contributed by atoms with Crippen molar-refractivity contribution in [1.82, 2.24) is 0 Å². The van der Waals surface area contributed by atoms with E-state index in [1.165, 1.54) is 6.92 Å². The lowest BCUT2D eigenvalue weighted by Crippen LogP contribution is -2.34. The molecule has 0 aromatic rings. The van der Waals surface area contributed by atoms with E-state index < -0.39 is 24.7 Å². The molecule has 8 heteroatoms. The van der Waals surface area contributed by atoms with E-state index in [1.54, 1.807) is 13.8 Å². The number of rotatable bonds is 11. The number of esters is 1. The molecule has 0 radical (unpaired) electrons. The zero-order valence-electron chi connectivity index (χ0n) is 13.3. The Hall–Kier alpha value is -1.17. The van der Waals surface area contributed by atoms with Crippen LogP contribution in [0.3, 0.4) is 0 Å². The molecule has 0 aromatic heterocycles. The lowest BCUT2D eigenvalue weighted by molar-refractivity contribution is -0.144. The van der Waals surface area contributed by atoms with Gasteiger partial charge in [-0.15, -0.1) is 0 Å². The van der Waals surface area contributed by atoms with Gasteiger partial charge in [-0.3, -0.25) is 9.36 Å². The number of aliphatic hydroxyl groups is 1. The molecule has 0 spiro atoms. The van der Waals surface area contributed by atoms with E-state index in [9.17, 15) is 19.3 Å². The van der Waals surface area contributed by atoms with Gasteiger partial charge in [-0.1, -0.05) is 20.4 Å². The predicted octanol–water partition coefficient (Wildman–Crippen LogP) is 1.89. The van der Waals surface area contributed by atoms with E-state index in [0.29, 0.717) is 0 Å². The van der Waals surface area contributed by atoms with Crippen LogP contribution < -0.4 is 0 Å². The minimum atomic E-state index is -3.08. The Kier molecular flexibility index (Phi) is 8.60. The first-order valence-corrected chi connectivity index (χ1v) is 8.95. The first-order chi connectivity index (χ1) is 10.1. The summed E-state index contributed by atoms with van der Waals surface area (Å²) in [6, 6.07) is 0. The molecule has 7 nitrogen and oxygen atoms in total. The van der Waals surface area contributed by atoms with Crippen LogP contribution in [0.1, 0.15) is 27.2 Å². The van der Waals surface area contributed by atoms with Crippen LogP contribution in [0.5, 0.6) is 0 Å². The molecule has 0 aliphatic rings. The van der Waals surface area contributed by atoms with Gasteiger partial charge in [0.25, 0.3) is 0 Å². The molecule has 2 atom stereocenters. The van der Waals surface area contributed by atoms with E-state index >= 15 is 0 Å². The van der Waals surface area contributed by atoms with Crippen molar-refractivity contribution in [2.24, 2.45) is 5.41 Å². The molecule has 0 fully saturated rings. The highest BCUT2D eigenvalue weighted by Crippen LogP contribution is 2.48. The van der Waals surface area contributed by atoms with Gasteiger partial charge in [-0.2, -0.15) is 0 Å². The zero-order valence-corrected chi connectivity index (χ0v) is 14.2. The maximum atomic E-state index is 12.4. The molecule has 0 heterocycles. The van der Waals surface area contributed by atoms with E-state index in [1.807, 2.05) is 0 Å². The first-order valence-electron chi connectivity index (χ1n) is 6.95. The fraction of sp³-hybridized carbons (Fsp3) is 0.714. The normalized spacial score (nSPS) is 16.4. The smallest absolute Gasteiger partial charge is 0.333 e. The summed E-state index contributed by atoms with van der Waals surface area (Å²) >= 11 is 0. The standard InChI is InChI=1S/C14H25O7P/c1-5-22(19,7-6-12(16)17)21-10-14(4,8-15)9-20-13(18)11(2)3/h15H,2,5-10H2,1,3-4H3,(H,16,17). The Bertz CT molecular complexity index is 460. The minimum Gasteiger partial charge on any atom is -0.481 e. The molecule has 0 amide bonds. The second kappa shape index (κ2) is 9.08. The van der Waals surface area contributed by atoms with Crippen LogP contribution in [-0.4, -0.2) is 54.3 Å². The fourth-order valence-electron chi connectivity index (χ4n) is 1.35. The van der Waals surface area contributed by atoms with Crippen molar-refractivity contribution in [1.29, 1.82) is 0 Å². The molecule has 0 bridgehead atoms. The van der Waals surface area contributed by atoms with Crippen molar-refractivity contribution in [2.45, 2.75) is 27.2 Å². The summed E-state index contributed by atoms with van der Waals surface area (Å²) in [6.07, 6.45) is -0.106. The van der Waals surface area contributed by atoms with Crippen LogP contribution >= 0.6 is 7.37 Å². The Balaban J connectivity index is 4.63. The summed E-state index contributed by atoms with van der Waals surface area (Å²) in [5.74, 6) is -1.62. The molecule has 2 unspecified atom stereocenters. The molecular formula is C14H25O7P. The van der Waals surface area contributed by atoms with Gasteiger partial charge in [0.2, 0.25) is 7.37 Å². The molecule has 0 saturated carbocycles. The van der Waals surface area contributed by atoms with Crippen molar-refractivity contribution < 1.29 is 33.6 Å². The molecule has 0 aliphatic carbocycles. The lowest BCUT2D eigenvalue weighted by atomic mass is 9.94. The van der Waals surface area contributed by atoms with Crippen molar-refractivity contribution in [3.8, 4) is 0 Å². The largest absolute Gasteiger partial charge is 0.481 e. The molecular weight excluding hydrogens is 311 g/mol. The summed E-state index contributed by atoms with van der Waals surface area (Å²) in [6.45, 7) is 7.69. The molecule has 128 valence electrons. The van der Waals surface area contributed by atoms with Crippen LogP contribution in [-0.2, 0) is 23.4 Å². The molecule has 22 heavy (non-hydrogen) atoms. The van der Waals surface area contributed by atoms with Crippen LogP contribution in [0.2, 0.25) is 0 Å². The average molecular weight is 336 g/mol. The minimum absolute atomic E-state index is 0.0636. The average Bonchev–Trinajstić information content (AvgIpc) is 2.48. The maximum Gasteiger partial charge on any atom is 0.333 e. The summed E-state index contributed by atoms with van der Waals surface area (Å²) in [5, 5.41) is 18.1. The van der Waals surface area contributed by atoms with E-state index in [0.717, 1.165) is 0 Å². The predicted molar refractivity (Wildman–Crippen MR) is 82.2 cm³/mol. The SMILES string of the molecule is C=C(C)C(=O)OCC(C)(CO)COP(=O)(CC)CCC(=O)O. The molecule has 2 N–H and O–H groups in total. The summed E-state index contributed by atoms with van der Waals surface area (Å²) in [7, 11) is -3.08. The van der Waals surface area contributed by atoms with Crippen LogP contribution in [0.15, 0.2) is 12.2 Å². The zero-order chi connectivity index (χ0) is 17.4. The van der Waals surface area contributed by atoms with E-state index in [4.69, 9.17) is 14.4 Å². The topological polar surface area (TPSA) is 110 Å². The number of ether oxygens (including phenoxy) is 1. The second-order valence-corrected chi connectivity index (χ2v) is 8.56. The third-order valence-electron chi connectivity index (χ3n) is 3.08. The molecule has 0 aromatic carbocycles. The Labute approximate surface area is 130 Å². The number of carbonyl (C=O) groups is 2. The fourth-order valence-corrected chi connectivity index (χ4v) is 3.06. The van der Waals surface area contributed by atoms with Crippen molar-refractivity contribution in [3.05, 3.63) is 12.2 Å². The third kappa shape index (κ3) is 7.73. The number of aliphatic hydroxyl groups excluding tert-OH is 1. The lowest BCUT2D eigenvalue weighted by Gasteiger charge is -2.28. The number of hydrogen-bond acceptors (Lipinski definition) is 6. The van der Waals surface area contributed by atoms with Crippen LogP contribution in [0.25, 0.3) is 0 Å². The highest BCUT2D eigenvalue weighted by atomic mass is 31.2. The number of carbonyl (C=O) groups excluding carboxylic acids is 1. The summed E-state index contributed by atoms with van der Waals surface area (Å²) in [4.78, 5) is 22.0. The Morgan fingerprint density at radius 1 is 1.32 bits per heavy atom. The van der Waals surface area contributed by atoms with E-state index in [-0.39, 0.29) is 44.1 Å². The summed E-state index contributed by atoms with van der Waals surface area (Å²) < 4.78 is 22.8. The number of hydrogen-bond donors (Lipinski definition) is 2. The number of aliphatic carboxylic acids is 1. The van der Waals surface area contributed by atoms with Gasteiger partial charge in [0.15, 0.2) is 0 Å². The highest BCUT2D eigenvalue weighted by molar-refractivity contribution is 7.58. The summed E-state index contributed by atoms with van der Waals surface area (Å²) in [5.41, 5.74) is -0.680. The highest BCUT2D eigenvalue weighted by Gasteiger charge is 2.31. The number of carboxylic acid groups (broad SMARTS) is 1. The molecule has 0 aliphatic heterocycles. The Morgan fingerprint density at radius 3 is 2.32 bits per heavy atom. The Morgan fingerprint density at radius 2 is 1.91 bits per heavy atom. The van der Waals surface area contributed by atoms with Crippen molar-refractivity contribution in [2.75, 3.05) is 32.1 Å². The van der Waals surface area contributed by atoms with Crippen molar-refractivity contribution >= 4 is 19.3 Å². The van der Waals surface area contributed by atoms with Gasteiger partial charge < -0.3 is 19.5 Å². The number of carboxylic acids is 1. The monoisotopic (exact) mass is 336 g/mol. The van der Waals surface area contributed by atoms with Crippen LogP contribution in [0.4, 0.5) is 0 Å².